The van der Waals surface area contributed by atoms with Crippen molar-refractivity contribution in [2.24, 2.45) is 5.92 Å². The van der Waals surface area contributed by atoms with Crippen molar-refractivity contribution in [3.8, 4) is 0 Å². The Balaban J connectivity index is 2.70. The summed E-state index contributed by atoms with van der Waals surface area (Å²) >= 11 is 0. The van der Waals surface area contributed by atoms with Gasteiger partial charge in [-0.1, -0.05) is 6.92 Å². The second kappa shape index (κ2) is 2.59. The fourth-order valence-corrected chi connectivity index (χ4v) is 1.73. The Morgan fingerprint density at radius 3 is 2.36 bits per heavy atom. The highest BCUT2D eigenvalue weighted by Crippen LogP contribution is 2.22. The van der Waals surface area contributed by atoms with Crippen LogP contribution in [0.25, 0.3) is 0 Å². The maximum atomic E-state index is 11.3. The van der Waals surface area contributed by atoms with E-state index in [1.54, 1.807) is 0 Å². The third kappa shape index (κ3) is 1.62. The molecule has 2 heteroatoms. The smallest absolute Gasteiger partial charge is 0.147 e. The van der Waals surface area contributed by atoms with E-state index in [-0.39, 0.29) is 5.92 Å². The number of quaternary nitrogens is 1. The highest BCUT2D eigenvalue weighted by Gasteiger charge is 2.36. The van der Waals surface area contributed by atoms with Gasteiger partial charge >= 0.3 is 0 Å². The molecule has 1 aliphatic heterocycles. The van der Waals surface area contributed by atoms with Crippen LogP contribution in [0.1, 0.15) is 20.3 Å². The Kier molecular flexibility index (Phi) is 2.06. The highest BCUT2D eigenvalue weighted by molar-refractivity contribution is 5.81. The number of hydrogen-bond acceptors (Lipinski definition) is 1. The maximum absolute atomic E-state index is 11.3. The van der Waals surface area contributed by atoms with Gasteiger partial charge in [-0.3, -0.25) is 4.79 Å². The van der Waals surface area contributed by atoms with Crippen LogP contribution >= 0.6 is 0 Å². The third-order valence-electron chi connectivity index (χ3n) is 2.98. The number of rotatable bonds is 0. The van der Waals surface area contributed by atoms with Crippen molar-refractivity contribution >= 4 is 5.78 Å². The molecule has 2 nitrogen and oxygen atoms in total. The molecule has 2 atom stereocenters. The van der Waals surface area contributed by atoms with Gasteiger partial charge in [-0.2, -0.15) is 0 Å². The van der Waals surface area contributed by atoms with Crippen LogP contribution in [-0.2, 0) is 4.79 Å². The van der Waals surface area contributed by atoms with Gasteiger partial charge in [0.2, 0.25) is 0 Å². The first-order valence-corrected chi connectivity index (χ1v) is 4.29. The minimum atomic E-state index is 0.265. The summed E-state index contributed by atoms with van der Waals surface area (Å²) in [7, 11) is 4.40. The molecule has 0 spiro atoms. The van der Waals surface area contributed by atoms with Crippen LogP contribution in [-0.4, -0.2) is 36.9 Å². The minimum Gasteiger partial charge on any atom is -0.325 e. The van der Waals surface area contributed by atoms with Gasteiger partial charge in [0.15, 0.2) is 0 Å². The first-order valence-electron chi connectivity index (χ1n) is 4.29. The molecular weight excluding hydrogens is 138 g/mol. The van der Waals surface area contributed by atoms with Crippen molar-refractivity contribution in [1.29, 1.82) is 0 Å². The van der Waals surface area contributed by atoms with E-state index in [1.165, 1.54) is 0 Å². The van der Waals surface area contributed by atoms with Gasteiger partial charge in [0, 0.05) is 0 Å². The molecule has 1 heterocycles. The first kappa shape index (κ1) is 8.72. The van der Waals surface area contributed by atoms with E-state index in [1.807, 2.05) is 6.92 Å². The summed E-state index contributed by atoms with van der Waals surface area (Å²) in [6, 6.07) is 0.499. The lowest BCUT2D eigenvalue weighted by Gasteiger charge is -2.41. The van der Waals surface area contributed by atoms with Crippen LogP contribution in [0.15, 0.2) is 0 Å². The van der Waals surface area contributed by atoms with E-state index in [0.29, 0.717) is 11.8 Å². The molecule has 64 valence electrons. The van der Waals surface area contributed by atoms with Gasteiger partial charge in [-0.15, -0.1) is 0 Å². The quantitative estimate of drug-likeness (QED) is 0.479. The van der Waals surface area contributed by atoms with Crippen LogP contribution < -0.4 is 0 Å². The standard InChI is InChI=1S/C9H18NO/c1-7-6-10(3,4)8(2)5-9(7)11/h7-8H,5-6H2,1-4H3/q+1. The number of hydrogen-bond donors (Lipinski definition) is 0. The van der Waals surface area contributed by atoms with E-state index in [0.717, 1.165) is 17.4 Å². The Labute approximate surface area is 68.8 Å². The fraction of sp³-hybridized carbons (Fsp3) is 0.889. The minimum absolute atomic E-state index is 0.265. The van der Waals surface area contributed by atoms with Crippen molar-refractivity contribution in [2.75, 3.05) is 20.6 Å². The van der Waals surface area contributed by atoms with E-state index in [2.05, 4.69) is 21.0 Å². The first-order chi connectivity index (χ1) is 4.93. The van der Waals surface area contributed by atoms with Gasteiger partial charge in [-0.25, -0.2) is 0 Å². The molecule has 1 fully saturated rings. The van der Waals surface area contributed by atoms with Gasteiger partial charge in [0.25, 0.3) is 0 Å². The summed E-state index contributed by atoms with van der Waals surface area (Å²) in [5.41, 5.74) is 0. The zero-order valence-electron chi connectivity index (χ0n) is 7.92. The molecule has 11 heavy (non-hydrogen) atoms. The lowest BCUT2D eigenvalue weighted by Crippen LogP contribution is -2.55. The molecule has 0 bridgehead atoms. The van der Waals surface area contributed by atoms with E-state index < -0.39 is 0 Å². The van der Waals surface area contributed by atoms with Crippen LogP contribution in [0.3, 0.4) is 0 Å². The van der Waals surface area contributed by atoms with E-state index in [4.69, 9.17) is 0 Å². The van der Waals surface area contributed by atoms with Gasteiger partial charge < -0.3 is 4.48 Å². The van der Waals surface area contributed by atoms with Crippen LogP contribution in [0.5, 0.6) is 0 Å². The molecular formula is C9H18NO+. The zero-order chi connectivity index (χ0) is 8.65. The molecule has 0 aromatic heterocycles. The second-order valence-corrected chi connectivity index (χ2v) is 4.38. The average molecular weight is 156 g/mol. The number of Topliss-reactive ketones (excluding diaryl/α,β-unsaturated/α-hetero) is 1. The number of piperidine rings is 1. The van der Waals surface area contributed by atoms with Crippen LogP contribution in [0.2, 0.25) is 0 Å². The van der Waals surface area contributed by atoms with Gasteiger partial charge in [-0.05, 0) is 6.92 Å². The monoisotopic (exact) mass is 156 g/mol. The zero-order valence-corrected chi connectivity index (χ0v) is 7.92. The van der Waals surface area contributed by atoms with Crippen molar-refractivity contribution in [1.82, 2.24) is 0 Å². The van der Waals surface area contributed by atoms with Crippen molar-refractivity contribution in [2.45, 2.75) is 26.3 Å². The molecule has 0 N–H and O–H groups in total. The Morgan fingerprint density at radius 1 is 1.36 bits per heavy atom. The SMILES string of the molecule is CC1C[N+](C)(C)C(C)CC1=O. The van der Waals surface area contributed by atoms with Gasteiger partial charge in [0.05, 0.1) is 39.0 Å². The summed E-state index contributed by atoms with van der Waals surface area (Å²) in [4.78, 5) is 11.3. The van der Waals surface area contributed by atoms with Crippen LogP contribution in [0.4, 0.5) is 0 Å². The molecule has 0 aliphatic carbocycles. The fourth-order valence-electron chi connectivity index (χ4n) is 1.73. The van der Waals surface area contributed by atoms with Crippen molar-refractivity contribution in [3.05, 3.63) is 0 Å². The number of nitrogens with zero attached hydrogens (tertiary/aromatic N) is 1. The lowest BCUT2D eigenvalue weighted by atomic mass is 9.92. The summed E-state index contributed by atoms with van der Waals surface area (Å²) < 4.78 is 0.993. The number of carbonyl (C=O) groups excluding carboxylic acids is 1. The molecule has 2 unspecified atom stereocenters. The third-order valence-corrected chi connectivity index (χ3v) is 2.98. The largest absolute Gasteiger partial charge is 0.325 e. The molecule has 1 aliphatic rings. The molecule has 0 aromatic rings. The summed E-state index contributed by atoms with van der Waals surface area (Å²) in [6.07, 6.45) is 0.758. The van der Waals surface area contributed by atoms with Gasteiger partial charge in [0.1, 0.15) is 5.78 Å². The Bertz CT molecular complexity index is 174. The predicted molar refractivity (Wildman–Crippen MR) is 45.2 cm³/mol. The molecule has 0 saturated carbocycles. The number of carbonyl (C=O) groups is 1. The predicted octanol–water partition coefficient (Wildman–Crippen LogP) is 1.06. The summed E-state index contributed by atoms with van der Waals surface area (Å²) in [5, 5.41) is 0. The Hall–Kier alpha value is -0.370. The van der Waals surface area contributed by atoms with Crippen LogP contribution in [0, 0.1) is 5.92 Å². The number of likely N-dealkylation sites (tertiary alicyclic amines) is 1. The topological polar surface area (TPSA) is 17.1 Å². The lowest BCUT2D eigenvalue weighted by molar-refractivity contribution is -0.917. The average Bonchev–Trinajstić information content (AvgIpc) is 1.83. The maximum Gasteiger partial charge on any atom is 0.147 e. The number of ketones is 1. The molecule has 0 amide bonds. The highest BCUT2D eigenvalue weighted by atomic mass is 16.1. The van der Waals surface area contributed by atoms with E-state index >= 15 is 0 Å². The second-order valence-electron chi connectivity index (χ2n) is 4.38. The van der Waals surface area contributed by atoms with Crippen molar-refractivity contribution < 1.29 is 9.28 Å². The summed E-state index contributed by atoms with van der Waals surface area (Å²) in [6.45, 7) is 5.19. The van der Waals surface area contributed by atoms with Crippen molar-refractivity contribution in [3.63, 3.8) is 0 Å². The molecule has 0 aromatic carbocycles. The Morgan fingerprint density at radius 2 is 1.91 bits per heavy atom. The molecule has 1 rings (SSSR count). The van der Waals surface area contributed by atoms with E-state index in [9.17, 15) is 4.79 Å². The summed E-state index contributed by atoms with van der Waals surface area (Å²) in [5.74, 6) is 0.705. The normalized spacial score (nSPS) is 37.3. The molecule has 0 radical (unpaired) electrons. The molecule has 1 saturated heterocycles.